The van der Waals surface area contributed by atoms with Gasteiger partial charge < -0.3 is 8.83 Å². The molecular weight excluding hydrogens is 298 g/mol. The van der Waals surface area contributed by atoms with Crippen LogP contribution in [0.25, 0.3) is 11.6 Å². The molecule has 3 heteroatoms. The molecule has 0 spiro atoms. The second kappa shape index (κ2) is 5.52. The molecule has 0 fully saturated rings. The lowest BCUT2D eigenvalue weighted by Crippen LogP contribution is -2.02. The fraction of sp³-hybridized carbons (Fsp3) is 0.286. The Labute approximate surface area is 141 Å². The van der Waals surface area contributed by atoms with E-state index in [1.165, 1.54) is 34.5 Å². The predicted molar refractivity (Wildman–Crippen MR) is 92.6 cm³/mol. The smallest absolute Gasteiger partial charge is 0.126 e. The van der Waals surface area contributed by atoms with Gasteiger partial charge in [0.25, 0.3) is 0 Å². The third-order valence-corrected chi connectivity index (χ3v) is 5.22. The van der Waals surface area contributed by atoms with Gasteiger partial charge in [-0.15, -0.1) is 0 Å². The number of allylic oxidation sites excluding steroid dienone is 1. The molecular formula is C21H19NO2. The Kier molecular flexibility index (Phi) is 3.18. The van der Waals surface area contributed by atoms with Crippen molar-refractivity contribution < 1.29 is 8.83 Å². The van der Waals surface area contributed by atoms with E-state index < -0.39 is 0 Å². The first-order chi connectivity index (χ1) is 11.9. The van der Waals surface area contributed by atoms with E-state index in [9.17, 15) is 0 Å². The van der Waals surface area contributed by atoms with E-state index in [1.54, 1.807) is 12.5 Å². The maximum absolute atomic E-state index is 5.54. The van der Waals surface area contributed by atoms with Crippen LogP contribution in [0.2, 0.25) is 0 Å². The van der Waals surface area contributed by atoms with E-state index in [1.807, 2.05) is 18.2 Å². The van der Waals surface area contributed by atoms with E-state index in [-0.39, 0.29) is 0 Å². The highest BCUT2D eigenvalue weighted by Gasteiger charge is 2.29. The number of nitrogens with zero attached hydrogens (tertiary/aromatic N) is 1. The quantitative estimate of drug-likeness (QED) is 0.680. The summed E-state index contributed by atoms with van der Waals surface area (Å²) in [5.74, 6) is 2.44. The molecule has 0 bridgehead atoms. The standard InChI is InChI=1S/C21H19NO2/c1-3-18(23-9-1)12-16-7-5-14-11-15-6-8-17(21(15)22-20(14)16)13-19-4-2-10-24-19/h1-4,9-12,17H,5-8,13H2/b16-12+. The molecule has 3 aromatic heterocycles. The Morgan fingerprint density at radius 1 is 1.04 bits per heavy atom. The third-order valence-electron chi connectivity index (χ3n) is 5.22. The molecule has 0 saturated carbocycles. The summed E-state index contributed by atoms with van der Waals surface area (Å²) in [6.45, 7) is 0. The zero-order valence-corrected chi connectivity index (χ0v) is 13.5. The highest BCUT2D eigenvalue weighted by Crippen LogP contribution is 2.40. The van der Waals surface area contributed by atoms with Crippen LogP contribution in [0.4, 0.5) is 0 Å². The molecule has 120 valence electrons. The topological polar surface area (TPSA) is 39.2 Å². The molecule has 0 aromatic carbocycles. The third kappa shape index (κ3) is 2.32. The first-order valence-electron chi connectivity index (χ1n) is 8.66. The van der Waals surface area contributed by atoms with Crippen LogP contribution in [-0.4, -0.2) is 4.98 Å². The highest BCUT2D eigenvalue weighted by molar-refractivity contribution is 5.82. The Bertz CT molecular complexity index is 888. The van der Waals surface area contributed by atoms with Crippen molar-refractivity contribution in [2.45, 2.75) is 38.0 Å². The number of aromatic nitrogens is 1. The van der Waals surface area contributed by atoms with Crippen molar-refractivity contribution in [3.8, 4) is 0 Å². The van der Waals surface area contributed by atoms with E-state index in [0.29, 0.717) is 5.92 Å². The molecule has 3 heterocycles. The van der Waals surface area contributed by atoms with Crippen molar-refractivity contribution in [2.75, 3.05) is 0 Å². The predicted octanol–water partition coefficient (Wildman–Crippen LogP) is 5.03. The van der Waals surface area contributed by atoms with Crippen LogP contribution in [0.3, 0.4) is 0 Å². The minimum atomic E-state index is 0.474. The van der Waals surface area contributed by atoms with Gasteiger partial charge in [-0.1, -0.05) is 6.07 Å². The van der Waals surface area contributed by atoms with Crippen LogP contribution in [-0.2, 0) is 19.3 Å². The van der Waals surface area contributed by atoms with E-state index in [4.69, 9.17) is 13.8 Å². The van der Waals surface area contributed by atoms with Crippen molar-refractivity contribution in [3.63, 3.8) is 0 Å². The van der Waals surface area contributed by atoms with Crippen LogP contribution in [0.5, 0.6) is 0 Å². The number of hydrogen-bond acceptors (Lipinski definition) is 3. The van der Waals surface area contributed by atoms with Gasteiger partial charge in [0, 0.05) is 18.0 Å². The first kappa shape index (κ1) is 13.8. The summed E-state index contributed by atoms with van der Waals surface area (Å²) in [6.07, 6.45) is 11.0. The van der Waals surface area contributed by atoms with Gasteiger partial charge in [0.05, 0.1) is 18.2 Å². The van der Waals surface area contributed by atoms with E-state index in [0.717, 1.165) is 37.2 Å². The van der Waals surface area contributed by atoms with E-state index >= 15 is 0 Å². The molecule has 0 radical (unpaired) electrons. The summed E-state index contributed by atoms with van der Waals surface area (Å²) in [4.78, 5) is 5.11. The van der Waals surface area contributed by atoms with Gasteiger partial charge in [-0.05, 0) is 72.7 Å². The second-order valence-corrected chi connectivity index (χ2v) is 6.74. The lowest BCUT2D eigenvalue weighted by atomic mass is 10.00. The van der Waals surface area contributed by atoms with Crippen molar-refractivity contribution in [3.05, 3.63) is 76.9 Å². The van der Waals surface area contributed by atoms with Crippen molar-refractivity contribution >= 4 is 11.6 Å². The molecule has 0 saturated heterocycles. The summed E-state index contributed by atoms with van der Waals surface area (Å²) in [5.41, 5.74) is 6.58. The number of aryl methyl sites for hydroxylation is 2. The Morgan fingerprint density at radius 2 is 1.96 bits per heavy atom. The van der Waals surface area contributed by atoms with Crippen LogP contribution in [0.1, 0.15) is 52.8 Å². The molecule has 0 amide bonds. The zero-order chi connectivity index (χ0) is 15.9. The minimum absolute atomic E-state index is 0.474. The Hall–Kier alpha value is -2.55. The van der Waals surface area contributed by atoms with Gasteiger partial charge in [-0.3, -0.25) is 4.98 Å². The van der Waals surface area contributed by atoms with Crippen LogP contribution >= 0.6 is 0 Å². The number of hydrogen-bond donors (Lipinski definition) is 0. The SMILES string of the molecule is C(=C1/CCc2cc3c(nc21)C(Cc1ccco1)CC3)/c1ccco1. The molecule has 1 atom stereocenters. The molecule has 0 aliphatic heterocycles. The molecule has 1 unspecified atom stereocenters. The zero-order valence-electron chi connectivity index (χ0n) is 13.5. The van der Waals surface area contributed by atoms with Crippen LogP contribution < -0.4 is 0 Å². The van der Waals surface area contributed by atoms with Crippen LogP contribution in [0, 0.1) is 0 Å². The van der Waals surface area contributed by atoms with Gasteiger partial charge in [-0.25, -0.2) is 0 Å². The Balaban J connectivity index is 1.51. The number of rotatable bonds is 3. The maximum atomic E-state index is 5.54. The minimum Gasteiger partial charge on any atom is -0.469 e. The maximum Gasteiger partial charge on any atom is 0.126 e. The lowest BCUT2D eigenvalue weighted by Gasteiger charge is -2.11. The summed E-state index contributed by atoms with van der Waals surface area (Å²) < 4.78 is 11.0. The fourth-order valence-corrected chi connectivity index (χ4v) is 4.05. The van der Waals surface area contributed by atoms with Gasteiger partial charge in [0.1, 0.15) is 11.5 Å². The normalized spacial score (nSPS) is 20.5. The van der Waals surface area contributed by atoms with Crippen LogP contribution in [0.15, 0.2) is 51.7 Å². The number of pyridine rings is 1. The van der Waals surface area contributed by atoms with Gasteiger partial charge >= 0.3 is 0 Å². The van der Waals surface area contributed by atoms with Crippen molar-refractivity contribution in [1.29, 1.82) is 0 Å². The molecule has 0 N–H and O–H groups in total. The summed E-state index contributed by atoms with van der Waals surface area (Å²) in [7, 11) is 0. The molecule has 2 aliphatic carbocycles. The summed E-state index contributed by atoms with van der Waals surface area (Å²) in [5, 5.41) is 0. The molecule has 5 rings (SSSR count). The largest absolute Gasteiger partial charge is 0.469 e. The summed E-state index contributed by atoms with van der Waals surface area (Å²) in [6, 6.07) is 10.3. The van der Waals surface area contributed by atoms with Gasteiger partial charge in [0.2, 0.25) is 0 Å². The van der Waals surface area contributed by atoms with E-state index in [2.05, 4.69) is 18.2 Å². The highest BCUT2D eigenvalue weighted by atomic mass is 16.3. The molecule has 3 aromatic rings. The monoisotopic (exact) mass is 317 g/mol. The molecule has 24 heavy (non-hydrogen) atoms. The first-order valence-corrected chi connectivity index (χ1v) is 8.66. The Morgan fingerprint density at radius 3 is 2.79 bits per heavy atom. The number of furan rings is 2. The second-order valence-electron chi connectivity index (χ2n) is 6.74. The molecule has 2 aliphatic rings. The molecule has 3 nitrogen and oxygen atoms in total. The average Bonchev–Trinajstić information content (AvgIpc) is 3.37. The average molecular weight is 317 g/mol. The number of fused-ring (bicyclic) bond motifs is 2. The van der Waals surface area contributed by atoms with Crippen molar-refractivity contribution in [2.24, 2.45) is 0 Å². The van der Waals surface area contributed by atoms with Crippen molar-refractivity contribution in [1.82, 2.24) is 4.98 Å². The van der Waals surface area contributed by atoms with Gasteiger partial charge in [-0.2, -0.15) is 0 Å². The lowest BCUT2D eigenvalue weighted by molar-refractivity contribution is 0.482. The van der Waals surface area contributed by atoms with Gasteiger partial charge in [0.15, 0.2) is 0 Å². The summed E-state index contributed by atoms with van der Waals surface area (Å²) >= 11 is 0. The fourth-order valence-electron chi connectivity index (χ4n) is 4.05.